The number of nitrogens with zero attached hydrogens (tertiary/aromatic N) is 1. The van der Waals surface area contributed by atoms with Crippen molar-refractivity contribution in [1.82, 2.24) is 10.2 Å². The first kappa shape index (κ1) is 22.0. The lowest BCUT2D eigenvalue weighted by molar-refractivity contribution is 0.186. The van der Waals surface area contributed by atoms with Crippen molar-refractivity contribution in [3.63, 3.8) is 0 Å². The van der Waals surface area contributed by atoms with Gasteiger partial charge < -0.3 is 10.8 Å². The Balaban J connectivity index is 0. The zero-order chi connectivity index (χ0) is 12.1. The van der Waals surface area contributed by atoms with E-state index < -0.39 is 0 Å². The molecule has 0 amide bonds. The Morgan fingerprint density at radius 3 is 2.15 bits per heavy atom. The van der Waals surface area contributed by atoms with E-state index in [9.17, 15) is 0 Å². The number of rotatable bonds is 4. The fraction of sp³-hybridized carbons (Fsp3) is 0.600. The molecule has 1 heterocycles. The van der Waals surface area contributed by atoms with E-state index in [0.717, 1.165) is 12.6 Å². The van der Waals surface area contributed by atoms with Gasteiger partial charge in [-0.2, -0.15) is 0 Å². The van der Waals surface area contributed by atoms with Crippen LogP contribution in [0.1, 0.15) is 32.3 Å². The second kappa shape index (κ2) is 11.4. The molecule has 118 valence electrons. The summed E-state index contributed by atoms with van der Waals surface area (Å²) in [6, 6.07) is 12.1. The number of halogens is 2. The highest BCUT2D eigenvalue weighted by molar-refractivity contribution is 5.85. The molecule has 1 fully saturated rings. The number of piperidine rings is 1. The van der Waals surface area contributed by atoms with E-state index in [0.29, 0.717) is 6.04 Å². The maximum absolute atomic E-state index is 3.64. The van der Waals surface area contributed by atoms with Gasteiger partial charge in [-0.3, -0.25) is 4.90 Å². The van der Waals surface area contributed by atoms with Crippen molar-refractivity contribution in [1.29, 1.82) is 0 Å². The van der Waals surface area contributed by atoms with Crippen molar-refractivity contribution >= 4 is 24.8 Å². The van der Waals surface area contributed by atoms with Crippen LogP contribution >= 0.6 is 24.8 Å². The van der Waals surface area contributed by atoms with Gasteiger partial charge in [0.05, 0.1) is 0 Å². The Kier molecular flexibility index (Phi) is 12.5. The predicted octanol–water partition coefficient (Wildman–Crippen LogP) is 2.67. The molecule has 3 nitrogen and oxygen atoms in total. The first-order valence-corrected chi connectivity index (χ1v) is 6.76. The molecule has 0 spiro atoms. The largest absolute Gasteiger partial charge is 0.412 e. The summed E-state index contributed by atoms with van der Waals surface area (Å²) in [4.78, 5) is 2.56. The molecule has 1 saturated heterocycles. The molecule has 1 aromatic carbocycles. The summed E-state index contributed by atoms with van der Waals surface area (Å²) in [6.45, 7) is 8.01. The van der Waals surface area contributed by atoms with Gasteiger partial charge in [0, 0.05) is 18.6 Å². The monoisotopic (exact) mass is 322 g/mol. The molecule has 1 aliphatic rings. The average molecular weight is 323 g/mol. The lowest BCUT2D eigenvalue weighted by atomic mass is 10.0. The van der Waals surface area contributed by atoms with Crippen molar-refractivity contribution < 1.29 is 5.48 Å². The molecule has 0 aliphatic carbocycles. The minimum absolute atomic E-state index is 0. The molecule has 1 aliphatic heterocycles. The summed E-state index contributed by atoms with van der Waals surface area (Å²) in [5, 5.41) is 3.64. The molecule has 0 unspecified atom stereocenters. The summed E-state index contributed by atoms with van der Waals surface area (Å²) < 4.78 is 0. The molecular formula is C15H28Cl2N2O. The highest BCUT2D eigenvalue weighted by Gasteiger charge is 2.19. The van der Waals surface area contributed by atoms with Crippen LogP contribution in [0.5, 0.6) is 0 Å². The Morgan fingerprint density at radius 2 is 1.65 bits per heavy atom. The van der Waals surface area contributed by atoms with E-state index in [1.165, 1.54) is 31.5 Å². The van der Waals surface area contributed by atoms with Gasteiger partial charge in [-0.05, 0) is 31.5 Å². The lowest BCUT2D eigenvalue weighted by Gasteiger charge is -2.33. The molecule has 3 N–H and O–H groups in total. The van der Waals surface area contributed by atoms with Crippen molar-refractivity contribution in [2.24, 2.45) is 0 Å². The first-order valence-electron chi connectivity index (χ1n) is 6.76. The van der Waals surface area contributed by atoms with Crippen LogP contribution in [0.25, 0.3) is 0 Å². The topological polar surface area (TPSA) is 46.8 Å². The molecule has 20 heavy (non-hydrogen) atoms. The molecule has 0 bridgehead atoms. The standard InChI is InChI=1S/C15H24N2.2ClH.H2O/c1-13(2)16-15-8-10-17(11-9-15)12-14-6-4-3-5-7-14;;;/h3-7,13,15-16H,8-12H2,1-2H3;2*1H;1H2. The van der Waals surface area contributed by atoms with Gasteiger partial charge in [0.1, 0.15) is 0 Å². The molecule has 0 aromatic heterocycles. The molecule has 0 saturated carbocycles. The summed E-state index contributed by atoms with van der Waals surface area (Å²) in [7, 11) is 0. The van der Waals surface area contributed by atoms with Gasteiger partial charge in [-0.1, -0.05) is 44.2 Å². The fourth-order valence-corrected chi connectivity index (χ4v) is 2.57. The molecule has 0 radical (unpaired) electrons. The number of nitrogens with one attached hydrogen (secondary N) is 1. The smallest absolute Gasteiger partial charge is 0.0233 e. The number of benzene rings is 1. The summed E-state index contributed by atoms with van der Waals surface area (Å²) >= 11 is 0. The Morgan fingerprint density at radius 1 is 1.10 bits per heavy atom. The van der Waals surface area contributed by atoms with E-state index in [1.807, 2.05) is 0 Å². The molecule has 0 atom stereocenters. The third kappa shape index (κ3) is 7.46. The Hall–Kier alpha value is -0.320. The Labute approximate surface area is 135 Å². The molecule has 5 heteroatoms. The van der Waals surface area contributed by atoms with Crippen LogP contribution in [0.2, 0.25) is 0 Å². The quantitative estimate of drug-likeness (QED) is 0.926. The summed E-state index contributed by atoms with van der Waals surface area (Å²) in [6.07, 6.45) is 2.57. The van der Waals surface area contributed by atoms with Gasteiger partial charge in [0.25, 0.3) is 0 Å². The van der Waals surface area contributed by atoms with Crippen molar-refractivity contribution in [3.05, 3.63) is 35.9 Å². The van der Waals surface area contributed by atoms with E-state index in [2.05, 4.69) is 54.4 Å². The zero-order valence-corrected chi connectivity index (χ0v) is 14.0. The van der Waals surface area contributed by atoms with E-state index in [-0.39, 0.29) is 30.3 Å². The normalized spacial score (nSPS) is 15.9. The van der Waals surface area contributed by atoms with Gasteiger partial charge in [-0.15, -0.1) is 24.8 Å². The third-order valence-electron chi connectivity index (χ3n) is 3.41. The Bertz CT molecular complexity index is 328. The maximum atomic E-state index is 3.64. The first-order chi connectivity index (χ1) is 8.24. The van der Waals surface area contributed by atoms with Gasteiger partial charge >= 0.3 is 0 Å². The zero-order valence-electron chi connectivity index (χ0n) is 12.3. The van der Waals surface area contributed by atoms with Crippen LogP contribution in [0.4, 0.5) is 0 Å². The van der Waals surface area contributed by atoms with Gasteiger partial charge in [0.15, 0.2) is 0 Å². The highest BCUT2D eigenvalue weighted by atomic mass is 35.5. The van der Waals surface area contributed by atoms with E-state index in [1.54, 1.807) is 0 Å². The fourth-order valence-electron chi connectivity index (χ4n) is 2.57. The van der Waals surface area contributed by atoms with E-state index in [4.69, 9.17) is 0 Å². The van der Waals surface area contributed by atoms with Gasteiger partial charge in [0.2, 0.25) is 0 Å². The van der Waals surface area contributed by atoms with Crippen LogP contribution in [0.3, 0.4) is 0 Å². The van der Waals surface area contributed by atoms with Crippen LogP contribution in [0, 0.1) is 0 Å². The second-order valence-electron chi connectivity index (χ2n) is 5.36. The van der Waals surface area contributed by atoms with Crippen LogP contribution in [-0.4, -0.2) is 35.5 Å². The van der Waals surface area contributed by atoms with Crippen LogP contribution in [0.15, 0.2) is 30.3 Å². The van der Waals surface area contributed by atoms with Crippen LogP contribution < -0.4 is 5.32 Å². The van der Waals surface area contributed by atoms with Crippen LogP contribution in [-0.2, 0) is 6.54 Å². The SMILES string of the molecule is CC(C)NC1CCN(Cc2ccccc2)CC1.Cl.Cl.O. The number of hydrogen-bond acceptors (Lipinski definition) is 2. The van der Waals surface area contributed by atoms with Crippen molar-refractivity contribution in [2.75, 3.05) is 13.1 Å². The summed E-state index contributed by atoms with van der Waals surface area (Å²) in [5.41, 5.74) is 1.43. The summed E-state index contributed by atoms with van der Waals surface area (Å²) in [5.74, 6) is 0. The second-order valence-corrected chi connectivity index (χ2v) is 5.36. The average Bonchev–Trinajstić information content (AvgIpc) is 2.32. The minimum Gasteiger partial charge on any atom is -0.412 e. The molecule has 2 rings (SSSR count). The maximum Gasteiger partial charge on any atom is 0.0233 e. The van der Waals surface area contributed by atoms with Crippen molar-refractivity contribution in [2.45, 2.75) is 45.3 Å². The number of hydrogen-bond donors (Lipinski definition) is 1. The van der Waals surface area contributed by atoms with Crippen molar-refractivity contribution in [3.8, 4) is 0 Å². The minimum atomic E-state index is 0. The highest BCUT2D eigenvalue weighted by Crippen LogP contribution is 2.14. The third-order valence-corrected chi connectivity index (χ3v) is 3.41. The molecule has 1 aromatic rings. The number of likely N-dealkylation sites (tertiary alicyclic amines) is 1. The van der Waals surface area contributed by atoms with E-state index >= 15 is 0 Å². The lowest BCUT2D eigenvalue weighted by Crippen LogP contribution is -2.44. The molecular weight excluding hydrogens is 295 g/mol. The predicted molar refractivity (Wildman–Crippen MR) is 91.1 cm³/mol. The van der Waals surface area contributed by atoms with Gasteiger partial charge in [-0.25, -0.2) is 0 Å².